The molecule has 0 saturated heterocycles. The van der Waals surface area contributed by atoms with E-state index in [1.54, 1.807) is 12.1 Å². The number of anilines is 2. The van der Waals surface area contributed by atoms with Gasteiger partial charge in [0.2, 0.25) is 0 Å². The van der Waals surface area contributed by atoms with Crippen LogP contribution < -0.4 is 11.5 Å². The van der Waals surface area contributed by atoms with Crippen LogP contribution in [0, 0.1) is 20.2 Å². The molecule has 0 amide bonds. The molecule has 0 bridgehead atoms. The van der Waals surface area contributed by atoms with Crippen LogP contribution in [0.25, 0.3) is 24.3 Å². The summed E-state index contributed by atoms with van der Waals surface area (Å²) >= 11 is 0. The Kier molecular flexibility index (Phi) is 27.8. The Morgan fingerprint density at radius 2 is 0.650 bits per heavy atom. The fraction of sp³-hybridized carbons (Fsp3) is 0.385. The molecule has 4 aromatic carbocycles. The number of nitro groups is 2. The first-order chi connectivity index (χ1) is 29.2. The molecule has 0 heterocycles. The average molecular weight is 815 g/mol. The standard InChI is InChI=1S/C20H42.2C16H14N2O2/c1-3-5-7-9-11-13-15-17-19-20-18-16-14-12-10-8-6-4-2;2*17-15-9-3-7-13(11-15)5-1-2-6-14-8-4-10-16(12-14)18(19)20/h3-20H2,1-2H3;2*1-12H,17H2/b;2*5-1+,6-2+. The van der Waals surface area contributed by atoms with Crippen molar-refractivity contribution in [1.82, 2.24) is 0 Å². The molecule has 0 aliphatic carbocycles. The number of benzene rings is 4. The minimum Gasteiger partial charge on any atom is -0.399 e. The molecule has 0 atom stereocenters. The van der Waals surface area contributed by atoms with Gasteiger partial charge in [0.05, 0.1) is 9.85 Å². The Balaban J connectivity index is 0.000000310. The van der Waals surface area contributed by atoms with Crippen molar-refractivity contribution in [2.24, 2.45) is 0 Å². The number of nitro benzene ring substituents is 2. The van der Waals surface area contributed by atoms with Gasteiger partial charge in [-0.05, 0) is 46.5 Å². The molecule has 0 unspecified atom stereocenters. The first-order valence-corrected chi connectivity index (χ1v) is 22.1. The summed E-state index contributed by atoms with van der Waals surface area (Å²) in [6.07, 6.45) is 41.3. The lowest BCUT2D eigenvalue weighted by molar-refractivity contribution is -0.385. The van der Waals surface area contributed by atoms with Crippen molar-refractivity contribution in [3.05, 3.63) is 164 Å². The fourth-order valence-electron chi connectivity index (χ4n) is 6.45. The molecule has 0 fully saturated rings. The second-order valence-electron chi connectivity index (χ2n) is 15.1. The van der Waals surface area contributed by atoms with Gasteiger partial charge < -0.3 is 11.5 Å². The van der Waals surface area contributed by atoms with Gasteiger partial charge >= 0.3 is 0 Å². The third-order valence-electron chi connectivity index (χ3n) is 9.82. The molecule has 8 nitrogen and oxygen atoms in total. The molecular formula is C52H70N4O4. The van der Waals surface area contributed by atoms with Gasteiger partial charge in [0, 0.05) is 35.6 Å². The number of nitrogens with zero attached hydrogens (tertiary/aromatic N) is 2. The molecule has 0 radical (unpaired) electrons. The molecule has 4 rings (SSSR count). The van der Waals surface area contributed by atoms with E-state index < -0.39 is 9.85 Å². The summed E-state index contributed by atoms with van der Waals surface area (Å²) < 4.78 is 0. The van der Waals surface area contributed by atoms with Crippen LogP contribution in [-0.4, -0.2) is 9.85 Å². The highest BCUT2D eigenvalue weighted by molar-refractivity contribution is 5.62. The lowest BCUT2D eigenvalue weighted by Gasteiger charge is -2.03. The lowest BCUT2D eigenvalue weighted by Crippen LogP contribution is -1.87. The van der Waals surface area contributed by atoms with Gasteiger partial charge in [0.1, 0.15) is 0 Å². The summed E-state index contributed by atoms with van der Waals surface area (Å²) in [5.74, 6) is 0. The summed E-state index contributed by atoms with van der Waals surface area (Å²) in [5, 5.41) is 21.3. The monoisotopic (exact) mass is 815 g/mol. The van der Waals surface area contributed by atoms with Crippen LogP contribution in [0.15, 0.2) is 121 Å². The van der Waals surface area contributed by atoms with E-state index in [4.69, 9.17) is 11.5 Å². The number of nitrogen functional groups attached to an aromatic ring is 2. The quantitative estimate of drug-likeness (QED) is 0.0225. The van der Waals surface area contributed by atoms with Crippen LogP contribution in [0.1, 0.15) is 152 Å². The van der Waals surface area contributed by atoms with Crippen molar-refractivity contribution in [3.8, 4) is 0 Å². The summed E-state index contributed by atoms with van der Waals surface area (Å²) in [4.78, 5) is 20.5. The zero-order valence-electron chi connectivity index (χ0n) is 36.3. The van der Waals surface area contributed by atoms with E-state index in [0.717, 1.165) is 33.6 Å². The number of non-ortho nitro benzene ring substituents is 2. The van der Waals surface area contributed by atoms with E-state index in [2.05, 4.69) is 13.8 Å². The average Bonchev–Trinajstić information content (AvgIpc) is 3.24. The normalized spacial score (nSPS) is 11.2. The SMILES string of the molecule is CCCCCCCCCCCCCCCCCCCC.Nc1cccc(/C=C/C=C/c2cccc([N+](=O)[O-])c2)c1.Nc1cccc(/C=C/C=C/c2cccc([N+](=O)[O-])c2)c1. The maximum absolute atomic E-state index is 10.7. The molecule has 0 saturated carbocycles. The van der Waals surface area contributed by atoms with Crippen molar-refractivity contribution in [2.45, 2.75) is 129 Å². The van der Waals surface area contributed by atoms with Crippen LogP contribution in [0.5, 0.6) is 0 Å². The zero-order valence-corrected chi connectivity index (χ0v) is 36.3. The van der Waals surface area contributed by atoms with E-state index in [1.165, 1.54) is 140 Å². The molecule has 8 heteroatoms. The molecule has 60 heavy (non-hydrogen) atoms. The Hall–Kier alpha value is -5.76. The van der Waals surface area contributed by atoms with E-state index in [-0.39, 0.29) is 11.4 Å². The minimum atomic E-state index is -0.403. The molecule has 4 N–H and O–H groups in total. The second kappa shape index (κ2) is 33.1. The highest BCUT2D eigenvalue weighted by atomic mass is 16.6. The third-order valence-corrected chi connectivity index (χ3v) is 9.82. The summed E-state index contributed by atoms with van der Waals surface area (Å²) in [6, 6.07) is 28.1. The van der Waals surface area contributed by atoms with Gasteiger partial charge in [-0.25, -0.2) is 0 Å². The lowest BCUT2D eigenvalue weighted by atomic mass is 10.0. The van der Waals surface area contributed by atoms with Crippen LogP contribution in [0.2, 0.25) is 0 Å². The van der Waals surface area contributed by atoms with Gasteiger partial charge in [-0.1, -0.05) is 227 Å². The highest BCUT2D eigenvalue weighted by Crippen LogP contribution is 2.17. The van der Waals surface area contributed by atoms with Gasteiger partial charge in [-0.2, -0.15) is 0 Å². The smallest absolute Gasteiger partial charge is 0.270 e. The van der Waals surface area contributed by atoms with Crippen molar-refractivity contribution >= 4 is 47.1 Å². The number of rotatable bonds is 25. The molecule has 0 aliphatic rings. The van der Waals surface area contributed by atoms with Gasteiger partial charge in [-0.15, -0.1) is 0 Å². The summed E-state index contributed by atoms with van der Waals surface area (Å²) in [5.41, 5.74) is 16.6. The molecule has 4 aromatic rings. The predicted octanol–water partition coefficient (Wildman–Crippen LogP) is 15.9. The van der Waals surface area contributed by atoms with E-state index >= 15 is 0 Å². The van der Waals surface area contributed by atoms with Crippen LogP contribution >= 0.6 is 0 Å². The topological polar surface area (TPSA) is 138 Å². The first-order valence-electron chi connectivity index (χ1n) is 22.1. The molecule has 0 aliphatic heterocycles. The van der Waals surface area contributed by atoms with Crippen molar-refractivity contribution in [3.63, 3.8) is 0 Å². The number of hydrogen-bond acceptors (Lipinski definition) is 6. The maximum Gasteiger partial charge on any atom is 0.270 e. The number of nitrogens with two attached hydrogens (primary N) is 2. The largest absolute Gasteiger partial charge is 0.399 e. The van der Waals surface area contributed by atoms with E-state index in [9.17, 15) is 20.2 Å². The molecular weight excluding hydrogens is 745 g/mol. The van der Waals surface area contributed by atoms with Crippen molar-refractivity contribution in [1.29, 1.82) is 0 Å². The fourth-order valence-corrected chi connectivity index (χ4v) is 6.45. The van der Waals surface area contributed by atoms with E-state index in [1.807, 2.05) is 109 Å². The number of hydrogen-bond donors (Lipinski definition) is 2. The number of allylic oxidation sites excluding steroid dienone is 4. The predicted molar refractivity (Wildman–Crippen MR) is 258 cm³/mol. The summed E-state index contributed by atoms with van der Waals surface area (Å²) in [7, 11) is 0. The highest BCUT2D eigenvalue weighted by Gasteiger charge is 2.04. The molecule has 0 spiro atoms. The first kappa shape index (κ1) is 50.4. The van der Waals surface area contributed by atoms with Gasteiger partial charge in [0.15, 0.2) is 0 Å². The van der Waals surface area contributed by atoms with Crippen LogP contribution in [0.3, 0.4) is 0 Å². The zero-order chi connectivity index (χ0) is 43.5. The summed E-state index contributed by atoms with van der Waals surface area (Å²) in [6.45, 7) is 4.59. The Labute approximate surface area is 360 Å². The minimum absolute atomic E-state index is 0.0898. The number of unbranched alkanes of at least 4 members (excludes halogenated alkanes) is 17. The van der Waals surface area contributed by atoms with Gasteiger partial charge in [-0.3, -0.25) is 20.2 Å². The van der Waals surface area contributed by atoms with E-state index in [0.29, 0.717) is 0 Å². The van der Waals surface area contributed by atoms with Crippen LogP contribution in [0.4, 0.5) is 22.7 Å². The van der Waals surface area contributed by atoms with Crippen molar-refractivity contribution in [2.75, 3.05) is 11.5 Å². The Morgan fingerprint density at radius 1 is 0.400 bits per heavy atom. The maximum atomic E-state index is 10.7. The Bertz CT molecular complexity index is 1760. The molecule has 0 aromatic heterocycles. The van der Waals surface area contributed by atoms with Crippen LogP contribution in [-0.2, 0) is 0 Å². The Morgan fingerprint density at radius 3 is 0.900 bits per heavy atom. The van der Waals surface area contributed by atoms with Crippen molar-refractivity contribution < 1.29 is 9.85 Å². The molecule has 322 valence electrons. The second-order valence-corrected chi connectivity index (χ2v) is 15.1. The third kappa shape index (κ3) is 25.6. The van der Waals surface area contributed by atoms with Gasteiger partial charge in [0.25, 0.3) is 11.4 Å².